The molecule has 2 N–H and O–H groups in total. The second-order valence-electron chi connectivity index (χ2n) is 5.24. The van der Waals surface area contributed by atoms with Crippen LogP contribution < -0.4 is 10.1 Å². The Labute approximate surface area is 131 Å². The van der Waals surface area contributed by atoms with E-state index in [9.17, 15) is 18.7 Å². The van der Waals surface area contributed by atoms with E-state index in [2.05, 4.69) is 10.1 Å². The molecule has 1 aliphatic rings. The number of urea groups is 1. The van der Waals surface area contributed by atoms with Crippen LogP contribution in [0.25, 0.3) is 0 Å². The van der Waals surface area contributed by atoms with Gasteiger partial charge >= 0.3 is 12.6 Å². The lowest BCUT2D eigenvalue weighted by Gasteiger charge is -2.21. The molecule has 8 heteroatoms. The number of amides is 2. The van der Waals surface area contributed by atoms with Gasteiger partial charge in [0.2, 0.25) is 0 Å². The van der Waals surface area contributed by atoms with Gasteiger partial charge in [0.1, 0.15) is 5.75 Å². The Hall–Kier alpha value is -1.60. The van der Waals surface area contributed by atoms with Crippen LogP contribution in [0.3, 0.4) is 0 Å². The lowest BCUT2D eigenvalue weighted by atomic mass is 10.2. The lowest BCUT2D eigenvalue weighted by molar-refractivity contribution is -0.0497. The van der Waals surface area contributed by atoms with Gasteiger partial charge < -0.3 is 20.1 Å². The summed E-state index contributed by atoms with van der Waals surface area (Å²) in [5.74, 6) is 0.114. The average Bonchev–Trinajstić information content (AvgIpc) is 3.25. The first-order chi connectivity index (χ1) is 10.4. The minimum absolute atomic E-state index is 0.0289. The van der Waals surface area contributed by atoms with Crippen molar-refractivity contribution < 1.29 is 23.4 Å². The van der Waals surface area contributed by atoms with Gasteiger partial charge in [0.25, 0.3) is 0 Å². The van der Waals surface area contributed by atoms with Crippen LogP contribution in [0.5, 0.6) is 5.75 Å². The SMILES string of the molecule is CN(CC(O)C1CC1)C(=O)Nc1ccc(OC(F)F)c(Cl)c1. The van der Waals surface area contributed by atoms with Crippen LogP contribution >= 0.6 is 11.6 Å². The molecule has 0 radical (unpaired) electrons. The van der Waals surface area contributed by atoms with Gasteiger partial charge in [-0.15, -0.1) is 0 Å². The summed E-state index contributed by atoms with van der Waals surface area (Å²) < 4.78 is 28.5. The molecule has 0 aromatic heterocycles. The molecular formula is C14H17ClF2N2O3. The maximum Gasteiger partial charge on any atom is 0.387 e. The highest BCUT2D eigenvalue weighted by molar-refractivity contribution is 6.32. The third-order valence-corrected chi connectivity index (χ3v) is 3.67. The molecule has 0 bridgehead atoms. The number of aliphatic hydroxyl groups is 1. The molecule has 5 nitrogen and oxygen atoms in total. The summed E-state index contributed by atoms with van der Waals surface area (Å²) in [6.45, 7) is -2.73. The summed E-state index contributed by atoms with van der Waals surface area (Å²) in [5.41, 5.74) is 0.351. The number of rotatable bonds is 6. The van der Waals surface area contributed by atoms with E-state index in [1.165, 1.54) is 23.1 Å². The summed E-state index contributed by atoms with van der Waals surface area (Å²) in [6.07, 6.45) is 1.44. The minimum atomic E-state index is -2.96. The molecule has 2 amide bonds. The second-order valence-corrected chi connectivity index (χ2v) is 5.65. The third-order valence-electron chi connectivity index (χ3n) is 3.37. The molecule has 22 heavy (non-hydrogen) atoms. The van der Waals surface area contributed by atoms with Crippen molar-refractivity contribution in [1.82, 2.24) is 4.90 Å². The van der Waals surface area contributed by atoms with Gasteiger partial charge in [-0.2, -0.15) is 8.78 Å². The fourth-order valence-electron chi connectivity index (χ4n) is 1.98. The normalized spacial score (nSPS) is 15.5. The molecule has 1 saturated carbocycles. The van der Waals surface area contributed by atoms with E-state index >= 15 is 0 Å². The summed E-state index contributed by atoms with van der Waals surface area (Å²) in [6, 6.07) is 3.57. The number of likely N-dealkylation sites (N-methyl/N-ethyl adjacent to an activating group) is 1. The first-order valence-corrected chi connectivity index (χ1v) is 7.19. The summed E-state index contributed by atoms with van der Waals surface area (Å²) in [4.78, 5) is 13.3. The first-order valence-electron chi connectivity index (χ1n) is 6.81. The number of nitrogens with one attached hydrogen (secondary N) is 1. The van der Waals surface area contributed by atoms with Gasteiger partial charge in [-0.3, -0.25) is 0 Å². The molecule has 1 unspecified atom stereocenters. The number of halogens is 3. The zero-order valence-corrected chi connectivity index (χ0v) is 12.7. The standard InChI is InChI=1S/C14H17ClF2N2O3/c1-19(7-11(20)8-2-3-8)14(21)18-9-4-5-12(10(15)6-9)22-13(16)17/h4-6,8,11,13,20H,2-3,7H2,1H3,(H,18,21). The number of nitrogens with zero attached hydrogens (tertiary/aromatic N) is 1. The van der Waals surface area contributed by atoms with Gasteiger partial charge in [-0.05, 0) is 37.0 Å². The highest BCUT2D eigenvalue weighted by Crippen LogP contribution is 2.33. The van der Waals surface area contributed by atoms with E-state index in [1.54, 1.807) is 7.05 Å². The van der Waals surface area contributed by atoms with Crippen LogP contribution in [-0.4, -0.2) is 42.3 Å². The smallest absolute Gasteiger partial charge is 0.387 e. The molecule has 0 saturated heterocycles. The van der Waals surface area contributed by atoms with Crippen molar-refractivity contribution in [1.29, 1.82) is 0 Å². The van der Waals surface area contributed by atoms with Crippen LogP contribution in [-0.2, 0) is 0 Å². The number of carbonyl (C=O) groups excluding carboxylic acids is 1. The second kappa shape index (κ2) is 7.11. The summed E-state index contributed by atoms with van der Waals surface area (Å²) in [5, 5.41) is 12.4. The number of ether oxygens (including phenoxy) is 1. The molecule has 1 aromatic rings. The predicted molar refractivity (Wildman–Crippen MR) is 78.5 cm³/mol. The molecular weight excluding hydrogens is 318 g/mol. The zero-order valence-electron chi connectivity index (χ0n) is 11.9. The average molecular weight is 335 g/mol. The van der Waals surface area contributed by atoms with Crippen molar-refractivity contribution in [3.8, 4) is 5.75 Å². The van der Waals surface area contributed by atoms with Crippen molar-refractivity contribution in [2.24, 2.45) is 5.92 Å². The molecule has 1 fully saturated rings. The van der Waals surface area contributed by atoms with Gasteiger partial charge in [-0.1, -0.05) is 11.6 Å². The van der Waals surface area contributed by atoms with Crippen LogP contribution in [0.1, 0.15) is 12.8 Å². The zero-order chi connectivity index (χ0) is 16.3. The molecule has 0 heterocycles. The number of hydrogen-bond acceptors (Lipinski definition) is 3. The Morgan fingerprint density at radius 3 is 2.77 bits per heavy atom. The molecule has 1 atom stereocenters. The van der Waals surface area contributed by atoms with E-state index in [-0.39, 0.29) is 23.2 Å². The Balaban J connectivity index is 1.91. The third kappa shape index (κ3) is 4.71. The number of aliphatic hydroxyl groups excluding tert-OH is 1. The van der Waals surface area contributed by atoms with E-state index in [0.29, 0.717) is 5.69 Å². The van der Waals surface area contributed by atoms with E-state index in [0.717, 1.165) is 12.8 Å². The number of anilines is 1. The maximum absolute atomic E-state index is 12.1. The topological polar surface area (TPSA) is 61.8 Å². The Morgan fingerprint density at radius 1 is 1.55 bits per heavy atom. The van der Waals surface area contributed by atoms with Gasteiger partial charge in [-0.25, -0.2) is 4.79 Å². The first kappa shape index (κ1) is 16.8. The fourth-order valence-corrected chi connectivity index (χ4v) is 2.21. The monoisotopic (exact) mass is 334 g/mol. The molecule has 1 aliphatic carbocycles. The Bertz CT molecular complexity index is 541. The van der Waals surface area contributed by atoms with Crippen molar-refractivity contribution >= 4 is 23.3 Å². The fraction of sp³-hybridized carbons (Fsp3) is 0.500. The molecule has 2 rings (SSSR count). The minimum Gasteiger partial charge on any atom is -0.433 e. The molecule has 0 aliphatic heterocycles. The largest absolute Gasteiger partial charge is 0.433 e. The molecule has 122 valence electrons. The van der Waals surface area contributed by atoms with Crippen molar-refractivity contribution in [3.63, 3.8) is 0 Å². The quantitative estimate of drug-likeness (QED) is 0.840. The highest BCUT2D eigenvalue weighted by atomic mass is 35.5. The number of hydrogen-bond donors (Lipinski definition) is 2. The molecule has 0 spiro atoms. The molecule has 1 aromatic carbocycles. The van der Waals surface area contributed by atoms with Crippen molar-refractivity contribution in [2.75, 3.05) is 18.9 Å². The Morgan fingerprint density at radius 2 is 2.23 bits per heavy atom. The Kier molecular flexibility index (Phi) is 5.42. The predicted octanol–water partition coefficient (Wildman–Crippen LogP) is 3.18. The van der Waals surface area contributed by atoms with E-state index in [4.69, 9.17) is 11.6 Å². The highest BCUT2D eigenvalue weighted by Gasteiger charge is 2.31. The lowest BCUT2D eigenvalue weighted by Crippen LogP contribution is -2.38. The number of benzene rings is 1. The summed E-state index contributed by atoms with van der Waals surface area (Å²) in [7, 11) is 1.57. The number of alkyl halides is 2. The van der Waals surface area contributed by atoms with Crippen LogP contribution in [0.2, 0.25) is 5.02 Å². The van der Waals surface area contributed by atoms with Crippen molar-refractivity contribution in [2.45, 2.75) is 25.6 Å². The van der Waals surface area contributed by atoms with Gasteiger partial charge in [0, 0.05) is 19.3 Å². The van der Waals surface area contributed by atoms with E-state index in [1.807, 2.05) is 0 Å². The maximum atomic E-state index is 12.1. The van der Waals surface area contributed by atoms with Crippen LogP contribution in [0.15, 0.2) is 18.2 Å². The summed E-state index contributed by atoms with van der Waals surface area (Å²) >= 11 is 5.81. The van der Waals surface area contributed by atoms with E-state index < -0.39 is 18.7 Å². The van der Waals surface area contributed by atoms with Crippen molar-refractivity contribution in [3.05, 3.63) is 23.2 Å². The van der Waals surface area contributed by atoms with Gasteiger partial charge in [0.15, 0.2) is 0 Å². The van der Waals surface area contributed by atoms with Crippen LogP contribution in [0, 0.1) is 5.92 Å². The number of carbonyl (C=O) groups is 1. The van der Waals surface area contributed by atoms with Crippen LogP contribution in [0.4, 0.5) is 19.3 Å². The van der Waals surface area contributed by atoms with Gasteiger partial charge in [0.05, 0.1) is 11.1 Å².